The van der Waals surface area contributed by atoms with Gasteiger partial charge in [0.05, 0.1) is 6.10 Å². The van der Waals surface area contributed by atoms with E-state index in [1.54, 1.807) is 11.3 Å². The number of benzene rings is 1. The van der Waals surface area contributed by atoms with Crippen LogP contribution in [0.15, 0.2) is 41.8 Å². The number of rotatable bonds is 6. The Labute approximate surface area is 125 Å². The highest BCUT2D eigenvalue weighted by molar-refractivity contribution is 7.09. The number of aliphatic hydroxyl groups is 1. The van der Waals surface area contributed by atoms with Crippen LogP contribution in [0.2, 0.25) is 0 Å². The Balaban J connectivity index is 2.17. The zero-order valence-electron chi connectivity index (χ0n) is 12.4. The summed E-state index contributed by atoms with van der Waals surface area (Å²) in [4.78, 5) is 3.67. The Morgan fingerprint density at radius 1 is 1.20 bits per heavy atom. The van der Waals surface area contributed by atoms with E-state index in [1.807, 2.05) is 25.1 Å². The fourth-order valence-electron chi connectivity index (χ4n) is 2.40. The lowest BCUT2D eigenvalue weighted by atomic mass is 10.0. The van der Waals surface area contributed by atoms with Crippen molar-refractivity contribution in [2.75, 3.05) is 11.9 Å². The van der Waals surface area contributed by atoms with Gasteiger partial charge in [-0.1, -0.05) is 31.2 Å². The number of para-hydroxylation sites is 1. The number of anilines is 1. The molecule has 0 radical (unpaired) electrons. The maximum Gasteiger partial charge on any atom is 0.0807 e. The standard InChI is InChI=1S/C17H23NOS/c1-4-17(19)15-9-5-6-10-16(15)18(3)13(2)12-14-8-7-11-20-14/h5-11,13,17,19H,4,12H2,1-3H3/t13?,17-/m1/s1. The van der Waals surface area contributed by atoms with E-state index in [2.05, 4.69) is 42.5 Å². The molecule has 1 unspecified atom stereocenters. The highest BCUT2D eigenvalue weighted by Crippen LogP contribution is 2.29. The van der Waals surface area contributed by atoms with Gasteiger partial charge in [-0.2, -0.15) is 0 Å². The SMILES string of the molecule is CC[C@@H](O)c1ccccc1N(C)C(C)Cc1cccs1. The maximum atomic E-state index is 10.2. The van der Waals surface area contributed by atoms with Gasteiger partial charge in [-0.05, 0) is 30.9 Å². The maximum absolute atomic E-state index is 10.2. The van der Waals surface area contributed by atoms with Gasteiger partial charge in [0.2, 0.25) is 0 Å². The first-order chi connectivity index (χ1) is 9.63. The zero-order chi connectivity index (χ0) is 14.5. The normalized spacial score (nSPS) is 14.0. The van der Waals surface area contributed by atoms with Crippen LogP contribution < -0.4 is 4.90 Å². The molecule has 0 fully saturated rings. The zero-order valence-corrected chi connectivity index (χ0v) is 13.2. The van der Waals surface area contributed by atoms with E-state index in [1.165, 1.54) is 4.88 Å². The van der Waals surface area contributed by atoms with Crippen molar-refractivity contribution >= 4 is 17.0 Å². The molecule has 0 saturated heterocycles. The van der Waals surface area contributed by atoms with Gasteiger partial charge < -0.3 is 10.0 Å². The molecule has 0 saturated carbocycles. The van der Waals surface area contributed by atoms with Crippen LogP contribution in [0.25, 0.3) is 0 Å². The van der Waals surface area contributed by atoms with Gasteiger partial charge in [-0.15, -0.1) is 11.3 Å². The van der Waals surface area contributed by atoms with Crippen molar-refractivity contribution in [2.45, 2.75) is 38.8 Å². The third-order valence-corrected chi connectivity index (χ3v) is 4.70. The number of aliphatic hydroxyl groups excluding tert-OH is 1. The Bertz CT molecular complexity index is 524. The lowest BCUT2D eigenvalue weighted by Gasteiger charge is -2.30. The van der Waals surface area contributed by atoms with Crippen LogP contribution in [0.5, 0.6) is 0 Å². The van der Waals surface area contributed by atoms with Crippen molar-refractivity contribution in [3.63, 3.8) is 0 Å². The molecule has 0 spiro atoms. The fourth-order valence-corrected chi connectivity index (χ4v) is 3.23. The van der Waals surface area contributed by atoms with E-state index in [0.29, 0.717) is 6.04 Å². The van der Waals surface area contributed by atoms with E-state index >= 15 is 0 Å². The van der Waals surface area contributed by atoms with Crippen molar-refractivity contribution in [1.29, 1.82) is 0 Å². The molecule has 0 amide bonds. The van der Waals surface area contributed by atoms with Gasteiger partial charge in [-0.25, -0.2) is 0 Å². The van der Waals surface area contributed by atoms with E-state index in [-0.39, 0.29) is 6.10 Å². The topological polar surface area (TPSA) is 23.5 Å². The monoisotopic (exact) mass is 289 g/mol. The first-order valence-corrected chi connectivity index (χ1v) is 8.03. The van der Waals surface area contributed by atoms with Crippen LogP contribution in [0.1, 0.15) is 36.8 Å². The van der Waals surface area contributed by atoms with Gasteiger partial charge in [0.15, 0.2) is 0 Å². The summed E-state index contributed by atoms with van der Waals surface area (Å²) in [5, 5.41) is 12.3. The molecular formula is C17H23NOS. The van der Waals surface area contributed by atoms with Gasteiger partial charge >= 0.3 is 0 Å². The summed E-state index contributed by atoms with van der Waals surface area (Å²) in [6, 6.07) is 12.8. The molecule has 0 aliphatic rings. The average molecular weight is 289 g/mol. The van der Waals surface area contributed by atoms with Crippen LogP contribution in [0.3, 0.4) is 0 Å². The van der Waals surface area contributed by atoms with Crippen molar-refractivity contribution in [2.24, 2.45) is 0 Å². The molecule has 0 aliphatic carbocycles. The molecule has 3 heteroatoms. The molecule has 1 aromatic heterocycles. The van der Waals surface area contributed by atoms with Crippen LogP contribution >= 0.6 is 11.3 Å². The third-order valence-electron chi connectivity index (χ3n) is 3.80. The van der Waals surface area contributed by atoms with Crippen LogP contribution in [-0.2, 0) is 6.42 Å². The van der Waals surface area contributed by atoms with Crippen molar-refractivity contribution in [1.82, 2.24) is 0 Å². The van der Waals surface area contributed by atoms with Crippen molar-refractivity contribution < 1.29 is 5.11 Å². The lowest BCUT2D eigenvalue weighted by Crippen LogP contribution is -2.31. The summed E-state index contributed by atoms with van der Waals surface area (Å²) in [7, 11) is 2.11. The van der Waals surface area contributed by atoms with E-state index in [0.717, 1.165) is 24.1 Å². The van der Waals surface area contributed by atoms with Gasteiger partial charge in [0.1, 0.15) is 0 Å². The molecule has 1 N–H and O–H groups in total. The molecule has 2 atom stereocenters. The Morgan fingerprint density at radius 3 is 2.60 bits per heavy atom. The Morgan fingerprint density at radius 2 is 1.95 bits per heavy atom. The van der Waals surface area contributed by atoms with E-state index in [4.69, 9.17) is 0 Å². The number of likely N-dealkylation sites (N-methyl/N-ethyl adjacent to an activating group) is 1. The molecule has 2 nitrogen and oxygen atoms in total. The first kappa shape index (κ1) is 15.1. The molecule has 0 bridgehead atoms. The number of thiophene rings is 1. The number of nitrogens with zero attached hydrogens (tertiary/aromatic N) is 1. The van der Waals surface area contributed by atoms with Gasteiger partial charge in [0, 0.05) is 35.6 Å². The van der Waals surface area contributed by atoms with Crippen LogP contribution in [0, 0.1) is 0 Å². The average Bonchev–Trinajstić information content (AvgIpc) is 2.98. The van der Waals surface area contributed by atoms with Crippen LogP contribution in [0.4, 0.5) is 5.69 Å². The molecule has 2 rings (SSSR count). The molecule has 20 heavy (non-hydrogen) atoms. The second-order valence-electron chi connectivity index (χ2n) is 5.23. The fraction of sp³-hybridized carbons (Fsp3) is 0.412. The van der Waals surface area contributed by atoms with E-state index in [9.17, 15) is 5.11 Å². The highest BCUT2D eigenvalue weighted by Gasteiger charge is 2.17. The second-order valence-corrected chi connectivity index (χ2v) is 6.26. The molecule has 108 valence electrons. The largest absolute Gasteiger partial charge is 0.388 e. The molecule has 1 aromatic carbocycles. The van der Waals surface area contributed by atoms with Crippen LogP contribution in [-0.4, -0.2) is 18.2 Å². The summed E-state index contributed by atoms with van der Waals surface area (Å²) in [6.07, 6.45) is 1.39. The number of hydrogen-bond acceptors (Lipinski definition) is 3. The second kappa shape index (κ2) is 6.91. The minimum Gasteiger partial charge on any atom is -0.388 e. The summed E-state index contributed by atoms with van der Waals surface area (Å²) in [6.45, 7) is 4.24. The molecule has 1 heterocycles. The van der Waals surface area contributed by atoms with Crippen molar-refractivity contribution in [3.8, 4) is 0 Å². The summed E-state index contributed by atoms with van der Waals surface area (Å²) in [5.74, 6) is 0. The minimum atomic E-state index is -0.386. The van der Waals surface area contributed by atoms with Gasteiger partial charge in [0.25, 0.3) is 0 Å². The van der Waals surface area contributed by atoms with Crippen molar-refractivity contribution in [3.05, 3.63) is 52.2 Å². The highest BCUT2D eigenvalue weighted by atomic mass is 32.1. The van der Waals surface area contributed by atoms with Gasteiger partial charge in [-0.3, -0.25) is 0 Å². The quantitative estimate of drug-likeness (QED) is 0.859. The minimum absolute atomic E-state index is 0.386. The van der Waals surface area contributed by atoms with E-state index < -0.39 is 0 Å². The third kappa shape index (κ3) is 3.41. The summed E-state index contributed by atoms with van der Waals surface area (Å²) < 4.78 is 0. The Kier molecular flexibility index (Phi) is 5.21. The lowest BCUT2D eigenvalue weighted by molar-refractivity contribution is 0.174. The number of hydrogen-bond donors (Lipinski definition) is 1. The predicted molar refractivity (Wildman–Crippen MR) is 87.6 cm³/mol. The molecule has 2 aromatic rings. The smallest absolute Gasteiger partial charge is 0.0807 e. The predicted octanol–water partition coefficient (Wildman–Crippen LogP) is 4.26. The summed E-state index contributed by atoms with van der Waals surface area (Å²) >= 11 is 1.80. The molecule has 0 aliphatic heterocycles. The molecular weight excluding hydrogens is 266 g/mol. The first-order valence-electron chi connectivity index (χ1n) is 7.15. The summed E-state index contributed by atoms with van der Waals surface area (Å²) in [5.41, 5.74) is 2.15. The Hall–Kier alpha value is -1.32.